The molecule has 2 aromatic rings. The van der Waals surface area contributed by atoms with Crippen molar-refractivity contribution in [1.82, 2.24) is 4.98 Å². The van der Waals surface area contributed by atoms with E-state index in [1.54, 1.807) is 6.92 Å². The molecule has 8 nitrogen and oxygen atoms in total. The summed E-state index contributed by atoms with van der Waals surface area (Å²) in [6, 6.07) is 5.85. The molecule has 0 bridgehead atoms. The summed E-state index contributed by atoms with van der Waals surface area (Å²) in [5, 5.41) is 9.00. The fraction of sp³-hybridized carbons (Fsp3) is 0.222. The van der Waals surface area contributed by atoms with Gasteiger partial charge in [-0.25, -0.2) is 9.59 Å². The number of aromatic carboxylic acids is 1. The third-order valence-corrected chi connectivity index (χ3v) is 4.07. The van der Waals surface area contributed by atoms with Gasteiger partial charge in [0.25, 0.3) is 5.56 Å². The number of carbonyl (C=O) groups excluding carboxylic acids is 2. The predicted molar refractivity (Wildman–Crippen MR) is 88.5 cm³/mol. The quantitative estimate of drug-likeness (QED) is 0.798. The average molecular weight is 357 g/mol. The molecule has 8 heteroatoms. The van der Waals surface area contributed by atoms with Crippen LogP contribution in [-0.4, -0.2) is 34.6 Å². The van der Waals surface area contributed by atoms with Crippen LogP contribution >= 0.6 is 0 Å². The Morgan fingerprint density at radius 2 is 1.96 bits per heavy atom. The molecule has 0 fully saturated rings. The third kappa shape index (κ3) is 3.08. The van der Waals surface area contributed by atoms with Gasteiger partial charge in [0.05, 0.1) is 24.2 Å². The first-order chi connectivity index (χ1) is 12.4. The van der Waals surface area contributed by atoms with E-state index in [1.165, 1.54) is 24.3 Å². The topological polar surface area (TPSA) is 123 Å². The van der Waals surface area contributed by atoms with Crippen molar-refractivity contribution in [1.29, 1.82) is 0 Å². The second-order valence-electron chi connectivity index (χ2n) is 5.65. The molecular formula is C18H15NO7. The fourth-order valence-corrected chi connectivity index (χ4v) is 2.88. The van der Waals surface area contributed by atoms with E-state index in [0.29, 0.717) is 5.56 Å². The second kappa shape index (κ2) is 6.83. The van der Waals surface area contributed by atoms with Gasteiger partial charge in [-0.05, 0) is 24.6 Å². The number of fused-ring (bicyclic) bond motifs is 1. The number of ether oxygens (including phenoxy) is 2. The van der Waals surface area contributed by atoms with Gasteiger partial charge in [-0.2, -0.15) is 0 Å². The largest absolute Gasteiger partial charge is 0.478 e. The molecular weight excluding hydrogens is 342 g/mol. The van der Waals surface area contributed by atoms with Gasteiger partial charge >= 0.3 is 17.9 Å². The number of carboxylic acid groups (broad SMARTS) is 1. The standard InChI is InChI=1S/C18H15NO7/c1-2-25-18(24)12-8-19-16(21)14-11(7-13(20)26-15(12)14)9-3-5-10(6-4-9)17(22)23/h3-6,8,11H,2,7H2,1H3,(H,19,21)(H,22,23). The molecule has 1 atom stereocenters. The smallest absolute Gasteiger partial charge is 0.343 e. The summed E-state index contributed by atoms with van der Waals surface area (Å²) in [6.07, 6.45) is 1.05. The Kier molecular flexibility index (Phi) is 4.57. The predicted octanol–water partition coefficient (Wildman–Crippen LogP) is 1.69. The Bertz CT molecular complexity index is 943. The summed E-state index contributed by atoms with van der Waals surface area (Å²) >= 11 is 0. The van der Waals surface area contributed by atoms with Gasteiger partial charge in [0.15, 0.2) is 5.75 Å². The summed E-state index contributed by atoms with van der Waals surface area (Å²) in [5.74, 6) is -3.17. The lowest BCUT2D eigenvalue weighted by Crippen LogP contribution is -2.30. The van der Waals surface area contributed by atoms with E-state index in [9.17, 15) is 19.2 Å². The lowest BCUT2D eigenvalue weighted by atomic mass is 9.86. The molecule has 1 aromatic heterocycles. The van der Waals surface area contributed by atoms with E-state index in [0.717, 1.165) is 6.20 Å². The van der Waals surface area contributed by atoms with Crippen molar-refractivity contribution < 1.29 is 29.0 Å². The molecule has 0 saturated carbocycles. The first-order valence-electron chi connectivity index (χ1n) is 7.89. The maximum atomic E-state index is 12.4. The molecule has 1 unspecified atom stereocenters. The van der Waals surface area contributed by atoms with Crippen LogP contribution in [0, 0.1) is 0 Å². The SMILES string of the molecule is CCOC(=O)c1c[nH]c(=O)c2c1OC(=O)CC2c1ccc(C(=O)O)cc1. The average Bonchev–Trinajstić information content (AvgIpc) is 2.61. The molecule has 0 radical (unpaired) electrons. The number of esters is 2. The van der Waals surface area contributed by atoms with Crippen LogP contribution in [0.3, 0.4) is 0 Å². The Morgan fingerprint density at radius 1 is 1.27 bits per heavy atom. The lowest BCUT2D eigenvalue weighted by Gasteiger charge is -2.25. The second-order valence-corrected chi connectivity index (χ2v) is 5.65. The van der Waals surface area contributed by atoms with E-state index in [2.05, 4.69) is 4.98 Å². The number of hydrogen-bond donors (Lipinski definition) is 2. The molecule has 0 saturated heterocycles. The van der Waals surface area contributed by atoms with Crippen molar-refractivity contribution in [3.63, 3.8) is 0 Å². The summed E-state index contributed by atoms with van der Waals surface area (Å²) in [4.78, 5) is 50.0. The lowest BCUT2D eigenvalue weighted by molar-refractivity contribution is -0.135. The van der Waals surface area contributed by atoms with Crippen molar-refractivity contribution >= 4 is 17.9 Å². The number of pyridine rings is 1. The van der Waals surface area contributed by atoms with Crippen LogP contribution in [0.1, 0.15) is 51.1 Å². The van der Waals surface area contributed by atoms with Crippen molar-refractivity contribution in [3.05, 3.63) is 63.1 Å². The molecule has 1 aliphatic heterocycles. The number of benzene rings is 1. The number of rotatable bonds is 4. The van der Waals surface area contributed by atoms with Gasteiger partial charge in [0.2, 0.25) is 0 Å². The van der Waals surface area contributed by atoms with Crippen LogP contribution in [0.2, 0.25) is 0 Å². The van der Waals surface area contributed by atoms with Gasteiger partial charge in [0.1, 0.15) is 5.56 Å². The molecule has 3 rings (SSSR count). The highest BCUT2D eigenvalue weighted by Crippen LogP contribution is 2.38. The molecule has 0 aliphatic carbocycles. The zero-order chi connectivity index (χ0) is 18.8. The van der Waals surface area contributed by atoms with Crippen LogP contribution in [0.5, 0.6) is 5.75 Å². The number of carbonyl (C=O) groups is 3. The minimum absolute atomic E-state index is 0.0401. The molecule has 2 heterocycles. The van der Waals surface area contributed by atoms with Crippen molar-refractivity contribution in [2.45, 2.75) is 19.3 Å². The van der Waals surface area contributed by atoms with Crippen molar-refractivity contribution in [3.8, 4) is 5.75 Å². The highest BCUT2D eigenvalue weighted by Gasteiger charge is 2.34. The first-order valence-corrected chi connectivity index (χ1v) is 7.89. The Labute approximate surface area is 147 Å². The summed E-state index contributed by atoms with van der Waals surface area (Å²) < 4.78 is 10.1. The molecule has 1 aromatic carbocycles. The highest BCUT2D eigenvalue weighted by atomic mass is 16.5. The monoisotopic (exact) mass is 357 g/mol. The number of aromatic amines is 1. The maximum Gasteiger partial charge on any atom is 0.343 e. The summed E-state index contributed by atoms with van der Waals surface area (Å²) in [6.45, 7) is 1.76. The molecule has 134 valence electrons. The number of carboxylic acids is 1. The number of nitrogens with one attached hydrogen (secondary N) is 1. The van der Waals surface area contributed by atoms with Crippen molar-refractivity contribution in [2.24, 2.45) is 0 Å². The van der Waals surface area contributed by atoms with Gasteiger partial charge < -0.3 is 19.6 Å². The molecule has 26 heavy (non-hydrogen) atoms. The first kappa shape index (κ1) is 17.4. The molecule has 2 N–H and O–H groups in total. The van der Waals surface area contributed by atoms with E-state index < -0.39 is 29.4 Å². The maximum absolute atomic E-state index is 12.4. The number of H-pyrrole nitrogens is 1. The summed E-state index contributed by atoms with van der Waals surface area (Å²) in [5.41, 5.74) is 0.258. The zero-order valence-electron chi connectivity index (χ0n) is 13.8. The Morgan fingerprint density at radius 3 is 2.58 bits per heavy atom. The minimum atomic E-state index is -1.08. The Balaban J connectivity index is 2.13. The molecule has 1 aliphatic rings. The van der Waals surface area contributed by atoms with E-state index in [4.69, 9.17) is 14.6 Å². The van der Waals surface area contributed by atoms with Gasteiger partial charge in [0, 0.05) is 12.1 Å². The number of aromatic nitrogens is 1. The zero-order valence-corrected chi connectivity index (χ0v) is 13.8. The van der Waals surface area contributed by atoms with E-state index >= 15 is 0 Å². The minimum Gasteiger partial charge on any atom is -0.478 e. The van der Waals surface area contributed by atoms with Crippen LogP contribution in [0.4, 0.5) is 0 Å². The molecule has 0 amide bonds. The van der Waals surface area contributed by atoms with Gasteiger partial charge in [-0.3, -0.25) is 9.59 Å². The highest BCUT2D eigenvalue weighted by molar-refractivity contribution is 5.94. The fourth-order valence-electron chi connectivity index (χ4n) is 2.88. The normalized spacial score (nSPS) is 15.7. The van der Waals surface area contributed by atoms with E-state index in [-0.39, 0.29) is 35.5 Å². The van der Waals surface area contributed by atoms with E-state index in [1.807, 2.05) is 0 Å². The van der Waals surface area contributed by atoms with Gasteiger partial charge in [-0.1, -0.05) is 12.1 Å². The van der Waals surface area contributed by atoms with Gasteiger partial charge in [-0.15, -0.1) is 0 Å². The van der Waals surface area contributed by atoms with Crippen LogP contribution in [-0.2, 0) is 9.53 Å². The molecule has 0 spiro atoms. The Hall–Kier alpha value is -3.42. The van der Waals surface area contributed by atoms with Crippen LogP contribution in [0.15, 0.2) is 35.3 Å². The van der Waals surface area contributed by atoms with Crippen LogP contribution in [0.25, 0.3) is 0 Å². The van der Waals surface area contributed by atoms with Crippen molar-refractivity contribution in [2.75, 3.05) is 6.61 Å². The number of hydrogen-bond acceptors (Lipinski definition) is 6. The van der Waals surface area contributed by atoms with Crippen LogP contribution < -0.4 is 10.3 Å². The third-order valence-electron chi connectivity index (χ3n) is 4.07. The summed E-state index contributed by atoms with van der Waals surface area (Å²) in [7, 11) is 0.